The average molecular weight is 170 g/mol. The van der Waals surface area contributed by atoms with E-state index < -0.39 is 0 Å². The first kappa shape index (κ1) is 9.68. The lowest BCUT2D eigenvalue weighted by Crippen LogP contribution is -2.42. The summed E-state index contributed by atoms with van der Waals surface area (Å²) in [6.45, 7) is 4.13. The lowest BCUT2D eigenvalue weighted by molar-refractivity contribution is 0.0775. The number of aliphatic imine (C=N–C) groups is 1. The second-order valence-electron chi connectivity index (χ2n) is 3.42. The first-order chi connectivity index (χ1) is 5.74. The van der Waals surface area contributed by atoms with Crippen LogP contribution in [-0.2, 0) is 0 Å². The Balaban J connectivity index is 2.33. The zero-order valence-corrected chi connectivity index (χ0v) is 7.90. The molecule has 1 unspecified atom stereocenters. The van der Waals surface area contributed by atoms with Gasteiger partial charge < -0.3 is 5.11 Å². The summed E-state index contributed by atoms with van der Waals surface area (Å²) in [6.07, 6.45) is 3.69. The van der Waals surface area contributed by atoms with Gasteiger partial charge in [-0.1, -0.05) is 0 Å². The molecule has 1 aliphatic rings. The number of rotatable bonds is 2. The third-order valence-corrected chi connectivity index (χ3v) is 2.44. The largest absolute Gasteiger partial charge is 0.393 e. The van der Waals surface area contributed by atoms with Gasteiger partial charge >= 0.3 is 0 Å². The van der Waals surface area contributed by atoms with Gasteiger partial charge in [-0.15, -0.1) is 0 Å². The summed E-state index contributed by atoms with van der Waals surface area (Å²) in [5.41, 5.74) is 0. The highest BCUT2D eigenvalue weighted by Gasteiger charge is 2.19. The van der Waals surface area contributed by atoms with Crippen molar-refractivity contribution in [3.63, 3.8) is 0 Å². The predicted molar refractivity (Wildman–Crippen MR) is 50.7 cm³/mol. The fourth-order valence-corrected chi connectivity index (χ4v) is 1.60. The van der Waals surface area contributed by atoms with Crippen molar-refractivity contribution in [1.82, 2.24) is 4.90 Å². The number of hydrogen-bond donors (Lipinski definition) is 1. The molecule has 1 rings (SSSR count). The average Bonchev–Trinajstić information content (AvgIpc) is 2.06. The van der Waals surface area contributed by atoms with Gasteiger partial charge in [-0.3, -0.25) is 9.89 Å². The topological polar surface area (TPSA) is 35.8 Å². The number of piperidine rings is 1. The van der Waals surface area contributed by atoms with Crippen molar-refractivity contribution < 1.29 is 5.11 Å². The monoisotopic (exact) mass is 170 g/mol. The Kier molecular flexibility index (Phi) is 3.69. The minimum Gasteiger partial charge on any atom is -0.393 e. The van der Waals surface area contributed by atoms with Gasteiger partial charge in [0.15, 0.2) is 0 Å². The van der Waals surface area contributed by atoms with Crippen molar-refractivity contribution in [2.24, 2.45) is 4.99 Å². The van der Waals surface area contributed by atoms with Gasteiger partial charge in [-0.25, -0.2) is 0 Å². The molecular formula is C9H18N2O. The zero-order chi connectivity index (χ0) is 8.97. The Bertz CT molecular complexity index is 151. The molecule has 0 saturated carbocycles. The normalized spacial score (nSPS) is 24.9. The van der Waals surface area contributed by atoms with Crippen molar-refractivity contribution >= 4 is 6.21 Å². The van der Waals surface area contributed by atoms with Gasteiger partial charge in [0.2, 0.25) is 0 Å². The number of aliphatic hydroxyl groups excluding tert-OH is 1. The first-order valence-corrected chi connectivity index (χ1v) is 4.58. The molecule has 70 valence electrons. The quantitative estimate of drug-likeness (QED) is 0.614. The van der Waals surface area contributed by atoms with E-state index in [0.717, 1.165) is 25.9 Å². The third kappa shape index (κ3) is 2.57. The van der Waals surface area contributed by atoms with Crippen LogP contribution < -0.4 is 0 Å². The summed E-state index contributed by atoms with van der Waals surface area (Å²) in [5, 5.41) is 9.28. The maximum Gasteiger partial charge on any atom is 0.0564 e. The summed E-state index contributed by atoms with van der Waals surface area (Å²) in [7, 11) is 1.80. The standard InChI is InChI=1S/C9H18N2O/c1-8(7-10-2)11-5-3-9(12)4-6-11/h7-9,12H,3-6H2,1-2H3. The number of aliphatic hydroxyl groups is 1. The van der Waals surface area contributed by atoms with Crippen LogP contribution in [-0.4, -0.2) is 48.5 Å². The highest BCUT2D eigenvalue weighted by atomic mass is 16.3. The van der Waals surface area contributed by atoms with E-state index in [9.17, 15) is 5.11 Å². The molecule has 1 fully saturated rings. The fourth-order valence-electron chi connectivity index (χ4n) is 1.60. The molecule has 0 aromatic carbocycles. The number of nitrogens with zero attached hydrogens (tertiary/aromatic N) is 2. The summed E-state index contributed by atoms with van der Waals surface area (Å²) in [4.78, 5) is 6.35. The van der Waals surface area contributed by atoms with Crippen molar-refractivity contribution in [3.05, 3.63) is 0 Å². The molecule has 1 N–H and O–H groups in total. The molecule has 0 aromatic heterocycles. The Labute approximate surface area is 74.1 Å². The smallest absolute Gasteiger partial charge is 0.0564 e. The van der Waals surface area contributed by atoms with Crippen LogP contribution in [0, 0.1) is 0 Å². The van der Waals surface area contributed by atoms with E-state index in [1.54, 1.807) is 7.05 Å². The summed E-state index contributed by atoms with van der Waals surface area (Å²) in [6, 6.07) is 0.419. The van der Waals surface area contributed by atoms with Gasteiger partial charge in [-0.05, 0) is 19.8 Å². The van der Waals surface area contributed by atoms with Crippen LogP contribution in [0.4, 0.5) is 0 Å². The minimum absolute atomic E-state index is 0.0768. The van der Waals surface area contributed by atoms with Gasteiger partial charge in [0, 0.05) is 32.4 Å². The van der Waals surface area contributed by atoms with Crippen molar-refractivity contribution in [2.45, 2.75) is 31.9 Å². The fraction of sp³-hybridized carbons (Fsp3) is 0.889. The van der Waals surface area contributed by atoms with Crippen LogP contribution in [0.5, 0.6) is 0 Å². The highest BCUT2D eigenvalue weighted by molar-refractivity contribution is 5.63. The van der Waals surface area contributed by atoms with E-state index in [4.69, 9.17) is 0 Å². The van der Waals surface area contributed by atoms with Crippen LogP contribution in [0.15, 0.2) is 4.99 Å². The van der Waals surface area contributed by atoms with E-state index in [2.05, 4.69) is 16.8 Å². The van der Waals surface area contributed by atoms with E-state index in [0.29, 0.717) is 6.04 Å². The number of hydrogen-bond acceptors (Lipinski definition) is 3. The summed E-state index contributed by atoms with van der Waals surface area (Å²) >= 11 is 0. The van der Waals surface area contributed by atoms with Crippen molar-refractivity contribution in [2.75, 3.05) is 20.1 Å². The first-order valence-electron chi connectivity index (χ1n) is 4.58. The lowest BCUT2D eigenvalue weighted by Gasteiger charge is -2.32. The summed E-state index contributed by atoms with van der Waals surface area (Å²) < 4.78 is 0. The maximum absolute atomic E-state index is 9.28. The molecule has 12 heavy (non-hydrogen) atoms. The molecule has 0 amide bonds. The Hall–Kier alpha value is -0.410. The molecule has 0 aromatic rings. The van der Waals surface area contributed by atoms with E-state index in [1.807, 2.05) is 6.21 Å². The van der Waals surface area contributed by atoms with Crippen LogP contribution in [0.1, 0.15) is 19.8 Å². The van der Waals surface area contributed by atoms with Crippen molar-refractivity contribution in [1.29, 1.82) is 0 Å². The molecule has 1 saturated heterocycles. The molecule has 0 radical (unpaired) electrons. The SMILES string of the molecule is CN=CC(C)N1CCC(O)CC1. The molecule has 0 spiro atoms. The highest BCUT2D eigenvalue weighted by Crippen LogP contribution is 2.11. The van der Waals surface area contributed by atoms with Gasteiger partial charge in [-0.2, -0.15) is 0 Å². The van der Waals surface area contributed by atoms with E-state index >= 15 is 0 Å². The third-order valence-electron chi connectivity index (χ3n) is 2.44. The second-order valence-corrected chi connectivity index (χ2v) is 3.42. The van der Waals surface area contributed by atoms with Crippen LogP contribution >= 0.6 is 0 Å². The summed E-state index contributed by atoms with van der Waals surface area (Å²) in [5.74, 6) is 0. The van der Waals surface area contributed by atoms with Gasteiger partial charge in [0.1, 0.15) is 0 Å². The lowest BCUT2D eigenvalue weighted by atomic mass is 10.1. The predicted octanol–water partition coefficient (Wildman–Crippen LogP) is 0.532. The van der Waals surface area contributed by atoms with Gasteiger partial charge in [0.25, 0.3) is 0 Å². The second kappa shape index (κ2) is 4.58. The minimum atomic E-state index is -0.0768. The van der Waals surface area contributed by atoms with Crippen LogP contribution in [0.25, 0.3) is 0 Å². The van der Waals surface area contributed by atoms with Crippen LogP contribution in [0.3, 0.4) is 0 Å². The maximum atomic E-state index is 9.28. The Morgan fingerprint density at radius 2 is 2.08 bits per heavy atom. The molecule has 1 atom stereocenters. The molecule has 1 heterocycles. The molecule has 3 nitrogen and oxygen atoms in total. The zero-order valence-electron chi connectivity index (χ0n) is 7.90. The van der Waals surface area contributed by atoms with E-state index in [1.165, 1.54) is 0 Å². The number of likely N-dealkylation sites (tertiary alicyclic amines) is 1. The Morgan fingerprint density at radius 3 is 2.58 bits per heavy atom. The molecule has 1 aliphatic heterocycles. The van der Waals surface area contributed by atoms with Crippen LogP contribution in [0.2, 0.25) is 0 Å². The molecular weight excluding hydrogens is 152 g/mol. The van der Waals surface area contributed by atoms with E-state index in [-0.39, 0.29) is 6.10 Å². The molecule has 0 aliphatic carbocycles. The molecule has 3 heteroatoms. The van der Waals surface area contributed by atoms with Crippen molar-refractivity contribution in [3.8, 4) is 0 Å². The Morgan fingerprint density at radius 1 is 1.50 bits per heavy atom. The van der Waals surface area contributed by atoms with Gasteiger partial charge in [0.05, 0.1) is 6.10 Å². The molecule has 0 bridgehead atoms.